The molecule has 0 bridgehead atoms. The maximum Gasteiger partial charge on any atom is 0.132 e. The molecular weight excluding hydrogens is 320 g/mol. The number of rotatable bonds is 6. The first kappa shape index (κ1) is 14.5. The smallest absolute Gasteiger partial charge is 0.132 e. The van der Waals surface area contributed by atoms with E-state index in [0.29, 0.717) is 5.92 Å². The second kappa shape index (κ2) is 7.61. The Bertz CT molecular complexity index is 501. The average molecular weight is 337 g/mol. The summed E-state index contributed by atoms with van der Waals surface area (Å²) < 4.78 is 5.38. The van der Waals surface area contributed by atoms with Crippen molar-refractivity contribution in [2.24, 2.45) is 0 Å². The third-order valence-electron chi connectivity index (χ3n) is 2.97. The van der Waals surface area contributed by atoms with E-state index in [9.17, 15) is 0 Å². The van der Waals surface area contributed by atoms with Crippen molar-refractivity contribution >= 4 is 27.7 Å². The molecule has 0 aliphatic rings. The third-order valence-corrected chi connectivity index (χ3v) is 4.97. The second-order valence-corrected chi connectivity index (χ2v) is 5.93. The van der Waals surface area contributed by atoms with Gasteiger partial charge < -0.3 is 4.74 Å². The molecule has 0 heterocycles. The fourth-order valence-electron chi connectivity index (χ4n) is 1.88. The van der Waals surface area contributed by atoms with Gasteiger partial charge in [-0.25, -0.2) is 0 Å². The number of benzene rings is 2. The predicted molar refractivity (Wildman–Crippen MR) is 86.7 cm³/mol. The van der Waals surface area contributed by atoms with Crippen LogP contribution in [0, 0.1) is 0 Å². The van der Waals surface area contributed by atoms with Crippen LogP contribution < -0.4 is 4.74 Å². The SMILES string of the molecule is COc1ccccc1SCC(CBr)c1ccccc1. The monoisotopic (exact) mass is 336 g/mol. The highest BCUT2D eigenvalue weighted by Crippen LogP contribution is 2.33. The molecule has 2 aromatic rings. The molecule has 1 atom stereocenters. The van der Waals surface area contributed by atoms with Gasteiger partial charge in [0.15, 0.2) is 0 Å². The molecule has 0 aliphatic heterocycles. The number of thioether (sulfide) groups is 1. The maximum absolute atomic E-state index is 5.38. The molecule has 0 fully saturated rings. The van der Waals surface area contributed by atoms with Crippen LogP contribution in [-0.2, 0) is 0 Å². The Labute approximate surface area is 127 Å². The van der Waals surface area contributed by atoms with Crippen LogP contribution in [0.4, 0.5) is 0 Å². The van der Waals surface area contributed by atoms with Crippen LogP contribution in [-0.4, -0.2) is 18.2 Å². The van der Waals surface area contributed by atoms with E-state index in [1.54, 1.807) is 7.11 Å². The van der Waals surface area contributed by atoms with Crippen LogP contribution in [0.15, 0.2) is 59.5 Å². The first-order valence-electron chi connectivity index (χ1n) is 6.22. The molecule has 0 saturated carbocycles. The van der Waals surface area contributed by atoms with Gasteiger partial charge in [-0.05, 0) is 17.7 Å². The molecule has 0 aliphatic carbocycles. The van der Waals surface area contributed by atoms with Crippen molar-refractivity contribution in [3.05, 3.63) is 60.2 Å². The van der Waals surface area contributed by atoms with Crippen molar-refractivity contribution in [2.45, 2.75) is 10.8 Å². The molecule has 0 radical (unpaired) electrons. The highest BCUT2D eigenvalue weighted by molar-refractivity contribution is 9.09. The van der Waals surface area contributed by atoms with Gasteiger partial charge in [0.05, 0.1) is 7.11 Å². The number of hydrogen-bond acceptors (Lipinski definition) is 2. The Hall–Kier alpha value is -0.930. The Balaban J connectivity index is 2.04. The summed E-state index contributed by atoms with van der Waals surface area (Å²) in [6.07, 6.45) is 0. The van der Waals surface area contributed by atoms with Crippen LogP contribution in [0.5, 0.6) is 5.75 Å². The van der Waals surface area contributed by atoms with E-state index in [0.717, 1.165) is 16.8 Å². The standard InChI is InChI=1S/C16H17BrOS/c1-18-15-9-5-6-10-16(15)19-12-14(11-17)13-7-3-2-4-8-13/h2-10,14H,11-12H2,1H3. The van der Waals surface area contributed by atoms with Crippen molar-refractivity contribution in [2.75, 3.05) is 18.2 Å². The molecule has 0 spiro atoms. The summed E-state index contributed by atoms with van der Waals surface area (Å²) in [6, 6.07) is 18.8. The van der Waals surface area contributed by atoms with Crippen molar-refractivity contribution < 1.29 is 4.74 Å². The fraction of sp³-hybridized carbons (Fsp3) is 0.250. The maximum atomic E-state index is 5.38. The summed E-state index contributed by atoms with van der Waals surface area (Å²) in [5.74, 6) is 2.50. The summed E-state index contributed by atoms with van der Waals surface area (Å²) in [5.41, 5.74) is 1.38. The average Bonchev–Trinajstić information content (AvgIpc) is 2.49. The highest BCUT2D eigenvalue weighted by atomic mass is 79.9. The Kier molecular flexibility index (Phi) is 5.80. The highest BCUT2D eigenvalue weighted by Gasteiger charge is 2.11. The minimum absolute atomic E-state index is 0.510. The van der Waals surface area contributed by atoms with Crippen LogP contribution in [0.1, 0.15) is 11.5 Å². The molecule has 100 valence electrons. The van der Waals surface area contributed by atoms with E-state index in [1.807, 2.05) is 23.9 Å². The van der Waals surface area contributed by atoms with Gasteiger partial charge in [0.2, 0.25) is 0 Å². The van der Waals surface area contributed by atoms with E-state index in [2.05, 4.69) is 58.4 Å². The zero-order valence-corrected chi connectivity index (χ0v) is 13.3. The lowest BCUT2D eigenvalue weighted by molar-refractivity contribution is 0.405. The zero-order valence-electron chi connectivity index (χ0n) is 10.9. The van der Waals surface area contributed by atoms with Gasteiger partial charge in [-0.2, -0.15) is 0 Å². The minimum Gasteiger partial charge on any atom is -0.496 e. The lowest BCUT2D eigenvalue weighted by atomic mass is 10.0. The van der Waals surface area contributed by atoms with Crippen LogP contribution >= 0.6 is 27.7 Å². The number of methoxy groups -OCH3 is 1. The van der Waals surface area contributed by atoms with E-state index in [1.165, 1.54) is 10.5 Å². The van der Waals surface area contributed by atoms with Gasteiger partial charge in [-0.15, -0.1) is 11.8 Å². The van der Waals surface area contributed by atoms with Crippen LogP contribution in [0.25, 0.3) is 0 Å². The van der Waals surface area contributed by atoms with Crippen molar-refractivity contribution in [3.63, 3.8) is 0 Å². The van der Waals surface area contributed by atoms with Gasteiger partial charge in [0.1, 0.15) is 5.75 Å². The van der Waals surface area contributed by atoms with Gasteiger partial charge in [-0.1, -0.05) is 58.4 Å². The fourth-order valence-corrected chi connectivity index (χ4v) is 3.95. The lowest BCUT2D eigenvalue weighted by Crippen LogP contribution is -2.03. The molecule has 0 N–H and O–H groups in total. The Morgan fingerprint density at radius 1 is 1.05 bits per heavy atom. The second-order valence-electron chi connectivity index (χ2n) is 4.22. The Morgan fingerprint density at radius 2 is 1.74 bits per heavy atom. The normalized spacial score (nSPS) is 12.1. The molecule has 0 aromatic heterocycles. The summed E-state index contributed by atoms with van der Waals surface area (Å²) in [6.45, 7) is 0. The number of para-hydroxylation sites is 1. The van der Waals surface area contributed by atoms with Crippen molar-refractivity contribution in [1.82, 2.24) is 0 Å². The molecule has 2 rings (SSSR count). The van der Waals surface area contributed by atoms with E-state index < -0.39 is 0 Å². The first-order valence-corrected chi connectivity index (χ1v) is 8.32. The molecule has 2 aromatic carbocycles. The first-order chi connectivity index (χ1) is 9.35. The van der Waals surface area contributed by atoms with Gasteiger partial charge in [0, 0.05) is 21.9 Å². The van der Waals surface area contributed by atoms with Crippen molar-refractivity contribution in [3.8, 4) is 5.75 Å². The van der Waals surface area contributed by atoms with Crippen LogP contribution in [0.3, 0.4) is 0 Å². The van der Waals surface area contributed by atoms with Gasteiger partial charge in [-0.3, -0.25) is 0 Å². The van der Waals surface area contributed by atoms with Gasteiger partial charge in [0.25, 0.3) is 0 Å². The Morgan fingerprint density at radius 3 is 2.42 bits per heavy atom. The predicted octanol–water partition coefficient (Wildman–Crippen LogP) is 4.97. The van der Waals surface area contributed by atoms with E-state index >= 15 is 0 Å². The molecule has 1 unspecified atom stereocenters. The number of ether oxygens (including phenoxy) is 1. The third kappa shape index (κ3) is 4.02. The van der Waals surface area contributed by atoms with E-state index in [-0.39, 0.29) is 0 Å². The summed E-state index contributed by atoms with van der Waals surface area (Å²) in [5, 5.41) is 0.971. The van der Waals surface area contributed by atoms with Gasteiger partial charge >= 0.3 is 0 Å². The number of hydrogen-bond donors (Lipinski definition) is 0. The lowest BCUT2D eigenvalue weighted by Gasteiger charge is -2.15. The van der Waals surface area contributed by atoms with Crippen molar-refractivity contribution in [1.29, 1.82) is 0 Å². The quantitative estimate of drug-likeness (QED) is 0.544. The molecular formula is C16H17BrOS. The molecule has 0 saturated heterocycles. The zero-order chi connectivity index (χ0) is 13.5. The largest absolute Gasteiger partial charge is 0.496 e. The molecule has 1 nitrogen and oxygen atoms in total. The van der Waals surface area contributed by atoms with E-state index in [4.69, 9.17) is 4.74 Å². The number of alkyl halides is 1. The van der Waals surface area contributed by atoms with Crippen LogP contribution in [0.2, 0.25) is 0 Å². The summed E-state index contributed by atoms with van der Waals surface area (Å²) in [7, 11) is 1.72. The number of halogens is 1. The summed E-state index contributed by atoms with van der Waals surface area (Å²) in [4.78, 5) is 1.20. The minimum atomic E-state index is 0.510. The molecule has 0 amide bonds. The molecule has 3 heteroatoms. The topological polar surface area (TPSA) is 9.23 Å². The summed E-state index contributed by atoms with van der Waals surface area (Å²) >= 11 is 5.46. The molecule has 19 heavy (non-hydrogen) atoms.